The number of carbonyl (C=O) groups is 2. The predicted octanol–water partition coefficient (Wildman–Crippen LogP) is 0.271. The van der Waals surface area contributed by atoms with Crippen LogP contribution in [0.2, 0.25) is 0 Å². The van der Waals surface area contributed by atoms with Gasteiger partial charge in [-0.15, -0.1) is 0 Å². The van der Waals surface area contributed by atoms with Crippen molar-refractivity contribution in [2.45, 2.75) is 13.0 Å². The number of nitrogens with zero attached hydrogens (tertiary/aromatic N) is 1. The maximum atomic E-state index is 11.3. The molecule has 72 valence electrons. The SMILES string of the molecule is Cc1ncccc1C1NC(=O)NC1=O. The van der Waals surface area contributed by atoms with E-state index in [1.807, 2.05) is 0 Å². The Kier molecular flexibility index (Phi) is 1.92. The topological polar surface area (TPSA) is 71.1 Å². The largest absolute Gasteiger partial charge is 0.322 e. The first-order valence-electron chi connectivity index (χ1n) is 4.21. The van der Waals surface area contributed by atoms with Crippen LogP contribution in [-0.4, -0.2) is 16.9 Å². The van der Waals surface area contributed by atoms with Gasteiger partial charge in [0.05, 0.1) is 0 Å². The molecule has 2 rings (SSSR count). The van der Waals surface area contributed by atoms with Gasteiger partial charge in [-0.1, -0.05) is 6.07 Å². The first kappa shape index (κ1) is 8.68. The van der Waals surface area contributed by atoms with Crippen LogP contribution in [0.4, 0.5) is 4.79 Å². The van der Waals surface area contributed by atoms with Crippen LogP contribution in [-0.2, 0) is 4.79 Å². The number of imide groups is 1. The second-order valence-corrected chi connectivity index (χ2v) is 3.07. The molecule has 1 unspecified atom stereocenters. The smallest absolute Gasteiger partial charge is 0.322 e. The highest BCUT2D eigenvalue weighted by molar-refractivity contribution is 6.04. The fraction of sp³-hybridized carbons (Fsp3) is 0.222. The highest BCUT2D eigenvalue weighted by Gasteiger charge is 2.31. The van der Waals surface area contributed by atoms with E-state index < -0.39 is 12.1 Å². The van der Waals surface area contributed by atoms with Gasteiger partial charge in [-0.3, -0.25) is 15.1 Å². The van der Waals surface area contributed by atoms with Crippen molar-refractivity contribution in [2.75, 3.05) is 0 Å². The van der Waals surface area contributed by atoms with Crippen molar-refractivity contribution in [3.8, 4) is 0 Å². The third-order valence-corrected chi connectivity index (χ3v) is 2.13. The Hall–Kier alpha value is -1.91. The number of nitrogens with one attached hydrogen (secondary N) is 2. The van der Waals surface area contributed by atoms with Crippen LogP contribution in [0, 0.1) is 6.92 Å². The number of hydrogen-bond acceptors (Lipinski definition) is 3. The summed E-state index contributed by atoms with van der Waals surface area (Å²) in [6, 6.07) is 2.46. The first-order chi connectivity index (χ1) is 6.68. The molecule has 0 spiro atoms. The molecular weight excluding hydrogens is 182 g/mol. The minimum absolute atomic E-state index is 0.328. The summed E-state index contributed by atoms with van der Waals surface area (Å²) < 4.78 is 0. The van der Waals surface area contributed by atoms with Gasteiger partial charge in [-0.05, 0) is 13.0 Å². The monoisotopic (exact) mass is 191 g/mol. The molecule has 5 nitrogen and oxygen atoms in total. The van der Waals surface area contributed by atoms with Crippen LogP contribution in [0.25, 0.3) is 0 Å². The van der Waals surface area contributed by atoms with Crippen molar-refractivity contribution < 1.29 is 9.59 Å². The van der Waals surface area contributed by atoms with E-state index in [1.54, 1.807) is 25.3 Å². The number of amides is 3. The third-order valence-electron chi connectivity index (χ3n) is 2.13. The molecule has 1 aromatic heterocycles. The zero-order valence-electron chi connectivity index (χ0n) is 7.57. The molecule has 14 heavy (non-hydrogen) atoms. The summed E-state index contributed by atoms with van der Waals surface area (Å²) in [7, 11) is 0. The van der Waals surface area contributed by atoms with Crippen LogP contribution in [0.3, 0.4) is 0 Å². The lowest BCUT2D eigenvalue weighted by Crippen LogP contribution is -2.22. The van der Waals surface area contributed by atoms with Gasteiger partial charge in [0, 0.05) is 17.5 Å². The first-order valence-corrected chi connectivity index (χ1v) is 4.21. The number of hydrogen-bond donors (Lipinski definition) is 2. The van der Waals surface area contributed by atoms with E-state index in [1.165, 1.54) is 0 Å². The molecule has 2 heterocycles. The Morgan fingerprint density at radius 1 is 1.43 bits per heavy atom. The fourth-order valence-corrected chi connectivity index (χ4v) is 1.44. The van der Waals surface area contributed by atoms with Crippen molar-refractivity contribution in [1.29, 1.82) is 0 Å². The van der Waals surface area contributed by atoms with Crippen LogP contribution < -0.4 is 10.6 Å². The van der Waals surface area contributed by atoms with Crippen molar-refractivity contribution in [2.24, 2.45) is 0 Å². The van der Waals surface area contributed by atoms with E-state index in [9.17, 15) is 9.59 Å². The number of rotatable bonds is 1. The van der Waals surface area contributed by atoms with Gasteiger partial charge in [0.1, 0.15) is 6.04 Å². The maximum Gasteiger partial charge on any atom is 0.322 e. The van der Waals surface area contributed by atoms with Crippen molar-refractivity contribution in [3.63, 3.8) is 0 Å². The normalized spacial score (nSPS) is 20.5. The van der Waals surface area contributed by atoms with E-state index in [-0.39, 0.29) is 5.91 Å². The lowest BCUT2D eigenvalue weighted by atomic mass is 10.1. The molecule has 3 amide bonds. The molecule has 0 bridgehead atoms. The zero-order valence-corrected chi connectivity index (χ0v) is 7.57. The molecule has 1 aromatic rings. The van der Waals surface area contributed by atoms with Gasteiger partial charge < -0.3 is 5.32 Å². The molecule has 2 N–H and O–H groups in total. The van der Waals surface area contributed by atoms with Gasteiger partial charge in [0.25, 0.3) is 5.91 Å². The number of carbonyl (C=O) groups excluding carboxylic acids is 2. The number of pyridine rings is 1. The molecule has 5 heteroatoms. The lowest BCUT2D eigenvalue weighted by molar-refractivity contribution is -0.120. The molecule has 0 aliphatic carbocycles. The van der Waals surface area contributed by atoms with E-state index in [2.05, 4.69) is 15.6 Å². The number of urea groups is 1. The van der Waals surface area contributed by atoms with Gasteiger partial charge >= 0.3 is 6.03 Å². The fourth-order valence-electron chi connectivity index (χ4n) is 1.44. The van der Waals surface area contributed by atoms with Gasteiger partial charge in [0.15, 0.2) is 0 Å². The molecule has 1 aliphatic rings. The summed E-state index contributed by atoms with van der Waals surface area (Å²) in [5.41, 5.74) is 1.48. The van der Waals surface area contributed by atoms with E-state index >= 15 is 0 Å². The van der Waals surface area contributed by atoms with Crippen molar-refractivity contribution in [1.82, 2.24) is 15.6 Å². The standard InChI is InChI=1S/C9H9N3O2/c1-5-6(3-2-4-10-5)7-8(13)12-9(14)11-7/h2-4,7H,1H3,(H2,11,12,13,14). The Morgan fingerprint density at radius 2 is 2.21 bits per heavy atom. The molecule has 1 atom stereocenters. The molecule has 0 saturated carbocycles. The molecule has 1 saturated heterocycles. The van der Waals surface area contributed by atoms with Crippen LogP contribution in [0.15, 0.2) is 18.3 Å². The summed E-state index contributed by atoms with van der Waals surface area (Å²) >= 11 is 0. The highest BCUT2D eigenvalue weighted by Crippen LogP contribution is 2.18. The minimum Gasteiger partial charge on any atom is -0.322 e. The number of aryl methyl sites for hydroxylation is 1. The van der Waals surface area contributed by atoms with Crippen molar-refractivity contribution in [3.05, 3.63) is 29.6 Å². The minimum atomic E-state index is -0.601. The second kappa shape index (κ2) is 3.10. The molecule has 0 aromatic carbocycles. The zero-order chi connectivity index (χ0) is 10.1. The maximum absolute atomic E-state index is 11.3. The van der Waals surface area contributed by atoms with Crippen LogP contribution in [0.1, 0.15) is 17.3 Å². The summed E-state index contributed by atoms with van der Waals surface area (Å²) in [6.45, 7) is 1.80. The van der Waals surface area contributed by atoms with Crippen LogP contribution in [0.5, 0.6) is 0 Å². The van der Waals surface area contributed by atoms with Gasteiger partial charge in [-0.25, -0.2) is 4.79 Å². The van der Waals surface area contributed by atoms with E-state index in [0.717, 1.165) is 11.3 Å². The second-order valence-electron chi connectivity index (χ2n) is 3.07. The van der Waals surface area contributed by atoms with Gasteiger partial charge in [-0.2, -0.15) is 0 Å². The Bertz CT molecular complexity index is 403. The molecular formula is C9H9N3O2. The average Bonchev–Trinajstić information content (AvgIpc) is 2.46. The summed E-state index contributed by atoms with van der Waals surface area (Å²) in [5.74, 6) is -0.328. The third kappa shape index (κ3) is 1.32. The Balaban J connectivity index is 2.36. The highest BCUT2D eigenvalue weighted by atomic mass is 16.2. The summed E-state index contributed by atoms with van der Waals surface area (Å²) in [4.78, 5) is 26.3. The molecule has 1 fully saturated rings. The van der Waals surface area contributed by atoms with Crippen LogP contribution >= 0.6 is 0 Å². The van der Waals surface area contributed by atoms with E-state index in [4.69, 9.17) is 0 Å². The predicted molar refractivity (Wildman–Crippen MR) is 48.4 cm³/mol. The molecule has 0 radical (unpaired) electrons. The summed E-state index contributed by atoms with van der Waals surface area (Å²) in [6.07, 6.45) is 1.65. The lowest BCUT2D eigenvalue weighted by Gasteiger charge is -2.08. The molecule has 1 aliphatic heterocycles. The van der Waals surface area contributed by atoms with E-state index in [0.29, 0.717) is 0 Å². The van der Waals surface area contributed by atoms with Gasteiger partial charge in [0.2, 0.25) is 0 Å². The number of aromatic nitrogens is 1. The Labute approximate surface area is 80.5 Å². The average molecular weight is 191 g/mol. The Morgan fingerprint density at radius 3 is 2.79 bits per heavy atom. The quantitative estimate of drug-likeness (QED) is 0.626. The summed E-state index contributed by atoms with van der Waals surface area (Å²) in [5, 5.41) is 4.70. The van der Waals surface area contributed by atoms with Crippen molar-refractivity contribution >= 4 is 11.9 Å².